The first-order valence-corrected chi connectivity index (χ1v) is 14.0. The summed E-state index contributed by atoms with van der Waals surface area (Å²) in [7, 11) is -10.1. The van der Waals surface area contributed by atoms with Crippen molar-refractivity contribution in [3.05, 3.63) is 41.0 Å². The smallest absolute Gasteiger partial charge is 0.310 e. The van der Waals surface area contributed by atoms with Crippen molar-refractivity contribution in [1.29, 1.82) is 5.41 Å². The first-order chi connectivity index (χ1) is 17.6. The van der Waals surface area contributed by atoms with Gasteiger partial charge >= 0.3 is 10.2 Å². The third-order valence-corrected chi connectivity index (χ3v) is 7.41. The van der Waals surface area contributed by atoms with Crippen LogP contribution in [-0.4, -0.2) is 57.6 Å². The minimum absolute atomic E-state index is 0. The van der Waals surface area contributed by atoms with Crippen molar-refractivity contribution in [2.24, 2.45) is 0 Å². The van der Waals surface area contributed by atoms with Crippen LogP contribution < -0.4 is 15.3 Å². The number of halogens is 6. The first-order valence-electron chi connectivity index (χ1n) is 12.0. The van der Waals surface area contributed by atoms with Crippen molar-refractivity contribution < 1.29 is 33.7 Å². The van der Waals surface area contributed by atoms with Crippen molar-refractivity contribution in [3.63, 3.8) is 0 Å². The van der Waals surface area contributed by atoms with Gasteiger partial charge in [0.1, 0.15) is 11.4 Å². The Hall–Kier alpha value is -2.91. The van der Waals surface area contributed by atoms with Gasteiger partial charge in [-0.3, -0.25) is 10.2 Å². The summed E-state index contributed by atoms with van der Waals surface area (Å²) in [6.45, 7) is 5.75. The van der Waals surface area contributed by atoms with Crippen LogP contribution >= 0.6 is 22.6 Å². The summed E-state index contributed by atoms with van der Waals surface area (Å²) < 4.78 is 82.0. The zero-order valence-corrected chi connectivity index (χ0v) is 23.1. The minimum atomic E-state index is -10.1. The summed E-state index contributed by atoms with van der Waals surface area (Å²) in [4.78, 5) is 12.4. The summed E-state index contributed by atoms with van der Waals surface area (Å²) in [5, 5.41) is 16.9. The average molecular weight is 601 g/mol. The molecule has 4 rings (SSSR count). The minimum Gasteiger partial charge on any atom is -0.473 e. The van der Waals surface area contributed by atoms with Gasteiger partial charge in [0.2, 0.25) is 11.5 Å². The zero-order chi connectivity index (χ0) is 27.9. The van der Waals surface area contributed by atoms with Crippen LogP contribution in [0.15, 0.2) is 29.2 Å². The van der Waals surface area contributed by atoms with E-state index < -0.39 is 33.0 Å². The number of carbonyl (C=O) groups excluding carboxylic acids is 1. The number of morpholine rings is 1. The molecule has 39 heavy (non-hydrogen) atoms. The Morgan fingerprint density at radius 2 is 1.72 bits per heavy atom. The molecule has 0 atom stereocenters. The number of fused-ring (bicyclic) bond motifs is 1. The lowest BCUT2D eigenvalue weighted by atomic mass is 10.1. The maximum Gasteiger partial charge on any atom is 0.310 e. The van der Waals surface area contributed by atoms with E-state index in [9.17, 15) is 24.2 Å². The lowest BCUT2D eigenvalue weighted by molar-refractivity contribution is 0.0965. The second-order valence-electron chi connectivity index (χ2n) is 9.15. The molecule has 1 aliphatic rings. The highest BCUT2D eigenvalue weighted by Crippen LogP contribution is 3.02. The highest BCUT2D eigenvalue weighted by molar-refractivity contribution is 8.45. The van der Waals surface area contributed by atoms with E-state index >= 15 is 0 Å². The molecular formula is C23H30ClF5N6O3S. The van der Waals surface area contributed by atoms with Gasteiger partial charge in [-0.15, -0.1) is 22.6 Å². The van der Waals surface area contributed by atoms with Crippen LogP contribution in [0.5, 0.6) is 5.88 Å². The number of anilines is 1. The number of nitrogens with one attached hydrogen (secondary N) is 1. The lowest BCUT2D eigenvalue weighted by Crippen LogP contribution is -2.36. The Bertz CT molecular complexity index is 1440. The number of hydrogen-bond acceptors (Lipinski definition) is 7. The number of carbonyl (C=O) groups is 1. The third kappa shape index (κ3) is 6.81. The van der Waals surface area contributed by atoms with Crippen molar-refractivity contribution in [3.8, 4) is 5.88 Å². The summed E-state index contributed by atoms with van der Waals surface area (Å²) in [6.07, 6.45) is 1.39. The van der Waals surface area contributed by atoms with E-state index in [1.165, 1.54) is 4.90 Å². The van der Waals surface area contributed by atoms with E-state index in [0.29, 0.717) is 11.6 Å². The SMILES string of the molecule is CCC(CC)Oc1cc(C)c2nn(CC(=O)c3cc(N4CCOCC4)cc(S(F)(F)(F)(F)F)c3)c(=N)n2n1.Cl. The van der Waals surface area contributed by atoms with Gasteiger partial charge in [-0.25, -0.2) is 4.68 Å². The molecule has 0 spiro atoms. The van der Waals surface area contributed by atoms with Gasteiger partial charge in [0.25, 0.3) is 0 Å². The molecule has 0 bridgehead atoms. The van der Waals surface area contributed by atoms with E-state index in [1.807, 2.05) is 13.8 Å². The second kappa shape index (κ2) is 10.2. The van der Waals surface area contributed by atoms with Crippen molar-refractivity contribution >= 4 is 39.7 Å². The van der Waals surface area contributed by atoms with Crippen LogP contribution in [0.25, 0.3) is 5.65 Å². The number of Topliss-reactive ketones (excluding diaryl/α,β-unsaturated/α-hetero) is 1. The number of aryl methyl sites for hydroxylation is 1. The van der Waals surface area contributed by atoms with Crippen LogP contribution in [0.1, 0.15) is 42.6 Å². The number of ketones is 1. The monoisotopic (exact) mass is 600 g/mol. The highest BCUT2D eigenvalue weighted by atomic mass is 35.5. The number of aromatic nitrogens is 4. The van der Waals surface area contributed by atoms with Gasteiger partial charge < -0.3 is 14.4 Å². The molecule has 0 saturated carbocycles. The summed E-state index contributed by atoms with van der Waals surface area (Å²) >= 11 is 0. The molecule has 0 radical (unpaired) electrons. The number of ether oxygens (including phenoxy) is 2. The van der Waals surface area contributed by atoms with Crippen LogP contribution in [0.2, 0.25) is 0 Å². The van der Waals surface area contributed by atoms with Gasteiger partial charge in [-0.1, -0.05) is 33.3 Å². The van der Waals surface area contributed by atoms with E-state index in [4.69, 9.17) is 14.9 Å². The second-order valence-corrected chi connectivity index (χ2v) is 11.6. The Kier molecular flexibility index (Phi) is 8.05. The van der Waals surface area contributed by atoms with Crippen molar-refractivity contribution in [2.75, 3.05) is 31.2 Å². The van der Waals surface area contributed by atoms with Crippen LogP contribution in [0, 0.1) is 12.3 Å². The van der Waals surface area contributed by atoms with Gasteiger partial charge in [0.05, 0.1) is 19.3 Å². The molecule has 1 aliphatic heterocycles. The topological polar surface area (TPSA) is 97.7 Å². The van der Waals surface area contributed by atoms with E-state index in [1.54, 1.807) is 13.0 Å². The van der Waals surface area contributed by atoms with Crippen LogP contribution in [0.4, 0.5) is 25.1 Å². The molecule has 3 heterocycles. The number of benzene rings is 1. The largest absolute Gasteiger partial charge is 0.473 e. The molecule has 1 fully saturated rings. The fraction of sp³-hybridized carbons (Fsp3) is 0.478. The summed E-state index contributed by atoms with van der Waals surface area (Å²) in [5.41, 5.74) is -0.214. The summed E-state index contributed by atoms with van der Waals surface area (Å²) in [5.74, 6) is -0.664. The number of rotatable bonds is 9. The normalized spacial score (nSPS) is 16.1. The Morgan fingerprint density at radius 1 is 1.08 bits per heavy atom. The Labute approximate surface area is 227 Å². The van der Waals surface area contributed by atoms with Gasteiger partial charge in [-0.05, 0) is 38.0 Å². The Balaban J connectivity index is 0.00000420. The standard InChI is InChI=1S/C23H29F5N6O3S.ClH/c1-4-18(5-2)37-21-10-15(3)22-31-33(23(29)34(22)30-21)14-20(35)16-11-17(32-6-8-36-9-7-32)13-19(12-16)38(24,25,26,27)28;/h10-13,18,29H,4-9,14H2,1-3H3;1H. The van der Waals surface area contributed by atoms with Crippen LogP contribution in [0.3, 0.4) is 0 Å². The van der Waals surface area contributed by atoms with Gasteiger partial charge in [-0.2, -0.15) is 4.52 Å². The molecule has 16 heteroatoms. The molecule has 3 aromatic rings. The molecule has 1 saturated heterocycles. The lowest BCUT2D eigenvalue weighted by Gasteiger charge is -2.41. The summed E-state index contributed by atoms with van der Waals surface area (Å²) in [6, 6.07) is 3.32. The molecule has 218 valence electrons. The Morgan fingerprint density at radius 3 is 2.31 bits per heavy atom. The molecule has 9 nitrogen and oxygen atoms in total. The van der Waals surface area contributed by atoms with Gasteiger partial charge in [0, 0.05) is 36.0 Å². The molecule has 1 N–H and O–H groups in total. The van der Waals surface area contributed by atoms with Crippen molar-refractivity contribution in [2.45, 2.75) is 51.2 Å². The zero-order valence-electron chi connectivity index (χ0n) is 21.5. The third-order valence-electron chi connectivity index (χ3n) is 6.28. The first kappa shape index (κ1) is 30.6. The number of nitrogens with zero attached hydrogens (tertiary/aromatic N) is 5. The predicted octanol–water partition coefficient (Wildman–Crippen LogP) is 5.68. The fourth-order valence-electron chi connectivity index (χ4n) is 4.12. The average Bonchev–Trinajstić information content (AvgIpc) is 3.17. The predicted molar refractivity (Wildman–Crippen MR) is 139 cm³/mol. The molecule has 0 unspecified atom stereocenters. The van der Waals surface area contributed by atoms with Crippen LogP contribution in [-0.2, 0) is 11.3 Å². The van der Waals surface area contributed by atoms with E-state index in [0.717, 1.165) is 28.1 Å². The molecule has 1 aromatic carbocycles. The fourth-order valence-corrected chi connectivity index (χ4v) is 4.82. The highest BCUT2D eigenvalue weighted by Gasteiger charge is 2.65. The van der Waals surface area contributed by atoms with Gasteiger partial charge in [0.15, 0.2) is 11.4 Å². The molecular weight excluding hydrogens is 571 g/mol. The number of hydrogen-bond donors (Lipinski definition) is 1. The maximum atomic E-state index is 13.8. The molecule has 0 amide bonds. The van der Waals surface area contributed by atoms with E-state index in [-0.39, 0.29) is 73.7 Å². The quantitative estimate of drug-likeness (QED) is 0.251. The van der Waals surface area contributed by atoms with Crippen molar-refractivity contribution in [1.82, 2.24) is 19.4 Å². The molecule has 2 aromatic heterocycles. The molecule has 0 aliphatic carbocycles. The van der Waals surface area contributed by atoms with E-state index in [2.05, 4.69) is 10.2 Å². The maximum absolute atomic E-state index is 13.8.